The van der Waals surface area contributed by atoms with E-state index in [4.69, 9.17) is 0 Å². The van der Waals surface area contributed by atoms with Crippen LogP contribution < -0.4 is 4.90 Å². The number of anilines is 1. The fourth-order valence-electron chi connectivity index (χ4n) is 2.15. The molecule has 1 aliphatic carbocycles. The Kier molecular flexibility index (Phi) is 2.95. The van der Waals surface area contributed by atoms with E-state index in [2.05, 4.69) is 23.9 Å². The maximum atomic E-state index is 10.6. The van der Waals surface area contributed by atoms with Crippen LogP contribution in [-0.2, 0) is 0 Å². The Morgan fingerprint density at radius 3 is 2.81 bits per heavy atom. The molecule has 1 aliphatic rings. The van der Waals surface area contributed by atoms with Gasteiger partial charge in [-0.25, -0.2) is 4.98 Å². The lowest BCUT2D eigenvalue weighted by Crippen LogP contribution is -2.22. The molecule has 3 heteroatoms. The van der Waals surface area contributed by atoms with Gasteiger partial charge in [0.15, 0.2) is 6.29 Å². The van der Waals surface area contributed by atoms with Crippen LogP contribution in [0.15, 0.2) is 12.3 Å². The van der Waals surface area contributed by atoms with Gasteiger partial charge in [-0.05, 0) is 36.8 Å². The second kappa shape index (κ2) is 4.24. The average molecular weight is 218 g/mol. The number of hydrogen-bond donors (Lipinski definition) is 0. The highest BCUT2D eigenvalue weighted by atomic mass is 16.1. The van der Waals surface area contributed by atoms with Gasteiger partial charge in [-0.2, -0.15) is 0 Å². The van der Waals surface area contributed by atoms with Crippen LogP contribution in [0.1, 0.15) is 29.3 Å². The predicted octanol–water partition coefficient (Wildman–Crippen LogP) is 2.29. The maximum absolute atomic E-state index is 10.6. The van der Waals surface area contributed by atoms with Crippen LogP contribution >= 0.6 is 0 Å². The summed E-state index contributed by atoms with van der Waals surface area (Å²) in [6, 6.07) is 1.89. The quantitative estimate of drug-likeness (QED) is 0.727. The Labute approximate surface area is 96.5 Å². The van der Waals surface area contributed by atoms with Crippen LogP contribution in [0.25, 0.3) is 0 Å². The summed E-state index contributed by atoms with van der Waals surface area (Å²) in [7, 11) is 2.07. The lowest BCUT2D eigenvalue weighted by atomic mass is 10.2. The smallest absolute Gasteiger partial charge is 0.151 e. The number of carbonyl (C=O) groups is 1. The molecule has 0 N–H and O–H groups in total. The first-order valence-electron chi connectivity index (χ1n) is 5.74. The van der Waals surface area contributed by atoms with Crippen molar-refractivity contribution in [3.8, 4) is 0 Å². The highest BCUT2D eigenvalue weighted by Gasteiger charge is 2.33. The van der Waals surface area contributed by atoms with Crippen LogP contribution in [-0.4, -0.2) is 24.9 Å². The van der Waals surface area contributed by atoms with Crippen molar-refractivity contribution >= 4 is 12.1 Å². The number of carbonyl (C=O) groups excluding carboxylic acids is 1. The third kappa shape index (κ3) is 2.23. The van der Waals surface area contributed by atoms with Crippen molar-refractivity contribution in [2.24, 2.45) is 11.8 Å². The normalized spacial score (nSPS) is 22.9. The van der Waals surface area contributed by atoms with Crippen molar-refractivity contribution in [2.45, 2.75) is 20.3 Å². The summed E-state index contributed by atoms with van der Waals surface area (Å²) in [6.45, 7) is 5.35. The molecule has 0 amide bonds. The molecular weight excluding hydrogens is 200 g/mol. The zero-order valence-electron chi connectivity index (χ0n) is 10.1. The monoisotopic (exact) mass is 218 g/mol. The molecule has 1 saturated carbocycles. The molecule has 1 heterocycles. The Balaban J connectivity index is 2.10. The van der Waals surface area contributed by atoms with Gasteiger partial charge in [0.25, 0.3) is 0 Å². The SMILES string of the molecule is Cc1cc(C=O)cnc1N(C)CC1CC1C. The van der Waals surface area contributed by atoms with E-state index in [1.54, 1.807) is 6.20 Å². The van der Waals surface area contributed by atoms with E-state index >= 15 is 0 Å². The third-order valence-corrected chi connectivity index (χ3v) is 3.35. The molecule has 3 nitrogen and oxygen atoms in total. The van der Waals surface area contributed by atoms with Gasteiger partial charge in [0.05, 0.1) is 0 Å². The molecule has 0 spiro atoms. The van der Waals surface area contributed by atoms with Crippen molar-refractivity contribution in [1.29, 1.82) is 0 Å². The summed E-state index contributed by atoms with van der Waals surface area (Å²) >= 11 is 0. The summed E-state index contributed by atoms with van der Waals surface area (Å²) in [5, 5.41) is 0. The molecule has 1 aromatic heterocycles. The molecule has 0 saturated heterocycles. The molecule has 1 aromatic rings. The lowest BCUT2D eigenvalue weighted by Gasteiger charge is -2.20. The molecule has 16 heavy (non-hydrogen) atoms. The minimum absolute atomic E-state index is 0.648. The number of aryl methyl sites for hydroxylation is 1. The Hall–Kier alpha value is -1.38. The van der Waals surface area contributed by atoms with E-state index in [0.29, 0.717) is 5.56 Å². The zero-order valence-corrected chi connectivity index (χ0v) is 10.1. The number of hydrogen-bond acceptors (Lipinski definition) is 3. The molecule has 0 aliphatic heterocycles. The van der Waals surface area contributed by atoms with E-state index in [1.165, 1.54) is 6.42 Å². The van der Waals surface area contributed by atoms with E-state index in [9.17, 15) is 4.79 Å². The third-order valence-electron chi connectivity index (χ3n) is 3.35. The van der Waals surface area contributed by atoms with Gasteiger partial charge in [0, 0.05) is 25.4 Å². The Morgan fingerprint density at radius 1 is 1.62 bits per heavy atom. The Morgan fingerprint density at radius 2 is 2.31 bits per heavy atom. The second-order valence-electron chi connectivity index (χ2n) is 4.88. The van der Waals surface area contributed by atoms with Gasteiger partial charge < -0.3 is 4.90 Å². The van der Waals surface area contributed by atoms with Crippen LogP contribution in [0.3, 0.4) is 0 Å². The molecule has 0 radical (unpaired) electrons. The fourth-order valence-corrected chi connectivity index (χ4v) is 2.15. The highest BCUT2D eigenvalue weighted by molar-refractivity contribution is 5.75. The van der Waals surface area contributed by atoms with Crippen LogP contribution in [0.4, 0.5) is 5.82 Å². The molecule has 86 valence electrons. The number of pyridine rings is 1. The first-order valence-corrected chi connectivity index (χ1v) is 5.74. The van der Waals surface area contributed by atoms with Crippen molar-refractivity contribution in [2.75, 3.05) is 18.5 Å². The molecule has 0 bridgehead atoms. The first-order chi connectivity index (χ1) is 7.61. The highest BCUT2D eigenvalue weighted by Crippen LogP contribution is 2.38. The van der Waals surface area contributed by atoms with Crippen molar-refractivity contribution in [3.63, 3.8) is 0 Å². The number of rotatable bonds is 4. The van der Waals surface area contributed by atoms with E-state index in [1.807, 2.05) is 13.0 Å². The van der Waals surface area contributed by atoms with Gasteiger partial charge >= 0.3 is 0 Å². The summed E-state index contributed by atoms with van der Waals surface area (Å²) < 4.78 is 0. The first kappa shape index (κ1) is 11.1. The van der Waals surface area contributed by atoms with Crippen LogP contribution in [0.2, 0.25) is 0 Å². The summed E-state index contributed by atoms with van der Waals surface area (Å²) in [4.78, 5) is 17.2. The van der Waals surface area contributed by atoms with Crippen molar-refractivity contribution in [1.82, 2.24) is 4.98 Å². The van der Waals surface area contributed by atoms with Crippen LogP contribution in [0.5, 0.6) is 0 Å². The van der Waals surface area contributed by atoms with Crippen molar-refractivity contribution in [3.05, 3.63) is 23.4 Å². The molecule has 2 atom stereocenters. The van der Waals surface area contributed by atoms with E-state index in [0.717, 1.165) is 36.0 Å². The molecule has 2 rings (SSSR count). The van der Waals surface area contributed by atoms with Gasteiger partial charge in [0.1, 0.15) is 5.82 Å². The minimum Gasteiger partial charge on any atom is -0.359 e. The Bertz CT molecular complexity index is 403. The second-order valence-corrected chi connectivity index (χ2v) is 4.88. The van der Waals surface area contributed by atoms with Crippen molar-refractivity contribution < 1.29 is 4.79 Å². The number of aromatic nitrogens is 1. The van der Waals surface area contributed by atoms with Gasteiger partial charge in [0.2, 0.25) is 0 Å². The molecular formula is C13H18N2O. The predicted molar refractivity (Wildman–Crippen MR) is 64.9 cm³/mol. The molecule has 2 unspecified atom stereocenters. The average Bonchev–Trinajstić information content (AvgIpc) is 2.93. The van der Waals surface area contributed by atoms with Gasteiger partial charge in [-0.15, -0.1) is 0 Å². The standard InChI is InChI=1S/C13H18N2O/c1-9-5-12(9)7-15(3)13-10(2)4-11(8-16)6-14-13/h4,6,8-9,12H,5,7H2,1-3H3. The topological polar surface area (TPSA) is 33.2 Å². The van der Waals surface area contributed by atoms with E-state index < -0.39 is 0 Å². The zero-order chi connectivity index (χ0) is 11.7. The maximum Gasteiger partial charge on any atom is 0.151 e. The number of aldehydes is 1. The summed E-state index contributed by atoms with van der Waals surface area (Å²) in [5.74, 6) is 2.67. The van der Waals surface area contributed by atoms with Gasteiger partial charge in [-0.3, -0.25) is 4.79 Å². The fraction of sp³-hybridized carbons (Fsp3) is 0.538. The van der Waals surface area contributed by atoms with Gasteiger partial charge in [-0.1, -0.05) is 6.92 Å². The minimum atomic E-state index is 0.648. The number of nitrogens with zero attached hydrogens (tertiary/aromatic N) is 2. The summed E-state index contributed by atoms with van der Waals surface area (Å²) in [5.41, 5.74) is 1.72. The van der Waals surface area contributed by atoms with E-state index in [-0.39, 0.29) is 0 Å². The molecule has 1 fully saturated rings. The van der Waals surface area contributed by atoms with Crippen LogP contribution in [0, 0.1) is 18.8 Å². The molecule has 0 aromatic carbocycles. The lowest BCUT2D eigenvalue weighted by molar-refractivity contribution is 0.112. The summed E-state index contributed by atoms with van der Waals surface area (Å²) in [6.07, 6.45) is 3.81. The largest absolute Gasteiger partial charge is 0.359 e.